The Balaban J connectivity index is 1.97. The first-order valence-electron chi connectivity index (χ1n) is 6.36. The number of urea groups is 1. The minimum Gasteiger partial charge on any atom is -0.478 e. The maximum atomic E-state index is 12.0. The Kier molecular flexibility index (Phi) is 3.74. The molecule has 5 nitrogen and oxygen atoms in total. The monoisotopic (exact) mass is 262 g/mol. The van der Waals surface area contributed by atoms with Gasteiger partial charge in [0.25, 0.3) is 0 Å². The smallest absolute Gasteiger partial charge is 0.335 e. The van der Waals surface area contributed by atoms with E-state index in [2.05, 4.69) is 19.2 Å². The summed E-state index contributed by atoms with van der Waals surface area (Å²) in [5.74, 6) is 0.0559. The summed E-state index contributed by atoms with van der Waals surface area (Å²) in [6.07, 6.45) is 0. The average Bonchev–Trinajstić information content (AvgIpc) is 2.70. The highest BCUT2D eigenvalue weighted by molar-refractivity contribution is 5.91. The first-order chi connectivity index (χ1) is 8.97. The number of benzene rings is 1. The van der Waals surface area contributed by atoms with E-state index in [1.54, 1.807) is 17.0 Å². The molecule has 2 rings (SSSR count). The summed E-state index contributed by atoms with van der Waals surface area (Å²) >= 11 is 0. The molecule has 1 saturated heterocycles. The number of aromatic carboxylic acids is 1. The molecule has 1 aliphatic rings. The molecule has 0 aliphatic carbocycles. The second kappa shape index (κ2) is 5.30. The van der Waals surface area contributed by atoms with Crippen LogP contribution in [-0.2, 0) is 0 Å². The van der Waals surface area contributed by atoms with E-state index in [0.29, 0.717) is 17.5 Å². The fourth-order valence-corrected chi connectivity index (χ4v) is 2.19. The molecule has 2 unspecified atom stereocenters. The Morgan fingerprint density at radius 1 is 1.16 bits per heavy atom. The fourth-order valence-electron chi connectivity index (χ4n) is 2.19. The standard InChI is InChI=1S/C14H18N2O3/c1-9-7-16(8-10(9)2)14(19)15-12-5-3-11(4-6-12)13(17)18/h3-6,9-10H,7-8H2,1-2H3,(H,15,19)(H,17,18). The number of amides is 2. The largest absolute Gasteiger partial charge is 0.478 e. The van der Waals surface area contributed by atoms with Gasteiger partial charge in [0.15, 0.2) is 0 Å². The maximum absolute atomic E-state index is 12.0. The molecule has 0 aromatic heterocycles. The summed E-state index contributed by atoms with van der Waals surface area (Å²) in [4.78, 5) is 24.5. The first-order valence-corrected chi connectivity index (χ1v) is 6.36. The van der Waals surface area contributed by atoms with Gasteiger partial charge in [-0.25, -0.2) is 9.59 Å². The highest BCUT2D eigenvalue weighted by atomic mass is 16.4. The second-order valence-electron chi connectivity index (χ2n) is 5.17. The van der Waals surface area contributed by atoms with Gasteiger partial charge in [0.2, 0.25) is 0 Å². The number of hydrogen-bond donors (Lipinski definition) is 2. The quantitative estimate of drug-likeness (QED) is 0.860. The van der Waals surface area contributed by atoms with Crippen molar-refractivity contribution in [2.75, 3.05) is 18.4 Å². The van der Waals surface area contributed by atoms with E-state index in [9.17, 15) is 9.59 Å². The van der Waals surface area contributed by atoms with E-state index in [0.717, 1.165) is 13.1 Å². The van der Waals surface area contributed by atoms with Crippen LogP contribution in [0.2, 0.25) is 0 Å². The number of anilines is 1. The fraction of sp³-hybridized carbons (Fsp3) is 0.429. The molecule has 1 heterocycles. The van der Waals surface area contributed by atoms with Gasteiger partial charge in [0.05, 0.1) is 5.56 Å². The van der Waals surface area contributed by atoms with E-state index >= 15 is 0 Å². The number of carboxylic acids is 1. The SMILES string of the molecule is CC1CN(C(=O)Nc2ccc(C(=O)O)cc2)CC1C. The second-order valence-corrected chi connectivity index (χ2v) is 5.17. The van der Waals surface area contributed by atoms with Crippen molar-refractivity contribution in [3.05, 3.63) is 29.8 Å². The summed E-state index contributed by atoms with van der Waals surface area (Å²) in [5.41, 5.74) is 0.823. The molecule has 2 N–H and O–H groups in total. The third-order valence-corrected chi connectivity index (χ3v) is 3.66. The molecule has 0 spiro atoms. The van der Waals surface area contributed by atoms with Gasteiger partial charge in [-0.2, -0.15) is 0 Å². The third-order valence-electron chi connectivity index (χ3n) is 3.66. The van der Waals surface area contributed by atoms with Crippen molar-refractivity contribution in [1.82, 2.24) is 4.90 Å². The molecule has 1 aliphatic heterocycles. The number of nitrogens with one attached hydrogen (secondary N) is 1. The van der Waals surface area contributed by atoms with E-state index in [4.69, 9.17) is 5.11 Å². The molecule has 0 saturated carbocycles. The van der Waals surface area contributed by atoms with Gasteiger partial charge < -0.3 is 15.3 Å². The Morgan fingerprint density at radius 3 is 2.16 bits per heavy atom. The molecule has 1 fully saturated rings. The number of carboxylic acid groups (broad SMARTS) is 1. The normalized spacial score (nSPS) is 22.3. The first kappa shape index (κ1) is 13.4. The lowest BCUT2D eigenvalue weighted by Crippen LogP contribution is -2.33. The molecule has 1 aromatic carbocycles. The molecule has 102 valence electrons. The Bertz CT molecular complexity index is 474. The number of likely N-dealkylation sites (tertiary alicyclic amines) is 1. The van der Waals surface area contributed by atoms with Crippen molar-refractivity contribution in [2.45, 2.75) is 13.8 Å². The lowest BCUT2D eigenvalue weighted by molar-refractivity contribution is 0.0697. The zero-order valence-electron chi connectivity index (χ0n) is 11.1. The topological polar surface area (TPSA) is 69.6 Å². The molecule has 2 atom stereocenters. The van der Waals surface area contributed by atoms with Crippen molar-refractivity contribution in [3.8, 4) is 0 Å². The van der Waals surface area contributed by atoms with Crippen LogP contribution in [0.1, 0.15) is 24.2 Å². The van der Waals surface area contributed by atoms with Crippen LogP contribution in [0.3, 0.4) is 0 Å². The Hall–Kier alpha value is -2.04. The molecule has 0 bridgehead atoms. The van der Waals surface area contributed by atoms with Crippen LogP contribution in [0.15, 0.2) is 24.3 Å². The van der Waals surface area contributed by atoms with E-state index in [1.807, 2.05) is 0 Å². The summed E-state index contributed by atoms with van der Waals surface area (Å²) in [6, 6.07) is 6.04. The molecule has 19 heavy (non-hydrogen) atoms. The summed E-state index contributed by atoms with van der Waals surface area (Å²) < 4.78 is 0. The summed E-state index contributed by atoms with van der Waals surface area (Å²) in [7, 11) is 0. The number of nitrogens with zero attached hydrogens (tertiary/aromatic N) is 1. The van der Waals surface area contributed by atoms with Crippen molar-refractivity contribution < 1.29 is 14.7 Å². The van der Waals surface area contributed by atoms with Crippen molar-refractivity contribution in [3.63, 3.8) is 0 Å². The van der Waals surface area contributed by atoms with Gasteiger partial charge in [-0.1, -0.05) is 13.8 Å². The Labute approximate surface area is 112 Å². The molecule has 1 aromatic rings. The van der Waals surface area contributed by atoms with Gasteiger partial charge >= 0.3 is 12.0 Å². The highest BCUT2D eigenvalue weighted by Crippen LogP contribution is 2.22. The predicted molar refractivity (Wildman–Crippen MR) is 72.3 cm³/mol. The number of carbonyl (C=O) groups excluding carboxylic acids is 1. The van der Waals surface area contributed by atoms with Crippen LogP contribution >= 0.6 is 0 Å². The van der Waals surface area contributed by atoms with Crippen molar-refractivity contribution >= 4 is 17.7 Å². The number of rotatable bonds is 2. The van der Waals surface area contributed by atoms with Gasteiger partial charge in [-0.15, -0.1) is 0 Å². The van der Waals surface area contributed by atoms with E-state index in [1.165, 1.54) is 12.1 Å². The van der Waals surface area contributed by atoms with Crippen LogP contribution in [0, 0.1) is 11.8 Å². The molecule has 5 heteroatoms. The van der Waals surface area contributed by atoms with Crippen molar-refractivity contribution in [1.29, 1.82) is 0 Å². The van der Waals surface area contributed by atoms with E-state index in [-0.39, 0.29) is 11.6 Å². The van der Waals surface area contributed by atoms with Crippen molar-refractivity contribution in [2.24, 2.45) is 11.8 Å². The van der Waals surface area contributed by atoms with E-state index < -0.39 is 5.97 Å². The summed E-state index contributed by atoms with van der Waals surface area (Å²) in [6.45, 7) is 5.81. The van der Waals surface area contributed by atoms with Gasteiger partial charge in [0, 0.05) is 18.8 Å². The van der Waals surface area contributed by atoms with Crippen LogP contribution in [0.4, 0.5) is 10.5 Å². The molecule has 0 radical (unpaired) electrons. The number of carbonyl (C=O) groups is 2. The van der Waals surface area contributed by atoms with Gasteiger partial charge in [-0.05, 0) is 36.1 Å². The highest BCUT2D eigenvalue weighted by Gasteiger charge is 2.29. The molecular weight excluding hydrogens is 244 g/mol. The number of hydrogen-bond acceptors (Lipinski definition) is 2. The Morgan fingerprint density at radius 2 is 1.68 bits per heavy atom. The summed E-state index contributed by atoms with van der Waals surface area (Å²) in [5, 5.41) is 11.6. The minimum atomic E-state index is -0.972. The minimum absolute atomic E-state index is 0.126. The zero-order valence-corrected chi connectivity index (χ0v) is 11.1. The maximum Gasteiger partial charge on any atom is 0.335 e. The van der Waals surface area contributed by atoms with Crippen LogP contribution < -0.4 is 5.32 Å². The molecular formula is C14H18N2O3. The van der Waals surface area contributed by atoms with Gasteiger partial charge in [0.1, 0.15) is 0 Å². The zero-order chi connectivity index (χ0) is 14.0. The predicted octanol–water partition coefficient (Wildman–Crippen LogP) is 2.50. The lowest BCUT2D eigenvalue weighted by atomic mass is 10.0. The lowest BCUT2D eigenvalue weighted by Gasteiger charge is -2.17. The average molecular weight is 262 g/mol. The van der Waals surface area contributed by atoms with Crippen LogP contribution in [0.5, 0.6) is 0 Å². The van der Waals surface area contributed by atoms with Crippen LogP contribution in [0.25, 0.3) is 0 Å². The van der Waals surface area contributed by atoms with Crippen LogP contribution in [-0.4, -0.2) is 35.1 Å². The van der Waals surface area contributed by atoms with Gasteiger partial charge in [-0.3, -0.25) is 0 Å². The third kappa shape index (κ3) is 3.05. The molecule has 2 amide bonds.